The Morgan fingerprint density at radius 1 is 1.05 bits per heavy atom. The summed E-state index contributed by atoms with van der Waals surface area (Å²) in [6.45, 7) is -0.0104. The summed E-state index contributed by atoms with van der Waals surface area (Å²) in [5, 5.41) is 6.56. The van der Waals surface area contributed by atoms with Crippen LogP contribution in [0.3, 0.4) is 0 Å². The minimum Gasteiger partial charge on any atom is -0.497 e. The Balaban J connectivity index is 1.65. The Morgan fingerprint density at radius 2 is 1.76 bits per heavy atom. The van der Waals surface area contributed by atoms with E-state index < -0.39 is 23.7 Å². The second kappa shape index (κ2) is 12.0. The molecule has 0 aromatic heterocycles. The maximum Gasteiger partial charge on any atom is 0.262 e. The minimum absolute atomic E-state index is 0.109. The maximum atomic E-state index is 14.4. The van der Waals surface area contributed by atoms with Gasteiger partial charge in [-0.15, -0.1) is 0 Å². The molecule has 0 bridgehead atoms. The van der Waals surface area contributed by atoms with Gasteiger partial charge in [-0.1, -0.05) is 54.1 Å². The summed E-state index contributed by atoms with van der Waals surface area (Å²) in [6.07, 6.45) is 0.432. The number of benzene rings is 3. The molecule has 0 N–H and O–H groups in total. The summed E-state index contributed by atoms with van der Waals surface area (Å²) >= 11 is 6.43. The largest absolute Gasteiger partial charge is 0.497 e. The van der Waals surface area contributed by atoms with Crippen LogP contribution in [0.5, 0.6) is 5.75 Å². The minimum atomic E-state index is -0.654. The van der Waals surface area contributed by atoms with Gasteiger partial charge in [0.05, 0.1) is 31.0 Å². The van der Waals surface area contributed by atoms with Gasteiger partial charge in [-0.2, -0.15) is 5.10 Å². The lowest BCUT2D eigenvalue weighted by Gasteiger charge is -2.27. The third-order valence-electron chi connectivity index (χ3n) is 6.13. The van der Waals surface area contributed by atoms with Crippen molar-refractivity contribution in [1.82, 2.24) is 9.91 Å². The Morgan fingerprint density at radius 3 is 2.43 bits per heavy atom. The second-order valence-electron chi connectivity index (χ2n) is 8.46. The van der Waals surface area contributed by atoms with E-state index in [1.165, 1.54) is 35.2 Å². The maximum absolute atomic E-state index is 14.4. The highest BCUT2D eigenvalue weighted by Gasteiger charge is 2.35. The Hall–Kier alpha value is -3.75. The van der Waals surface area contributed by atoms with Crippen LogP contribution in [-0.2, 0) is 9.53 Å². The van der Waals surface area contributed by atoms with Crippen molar-refractivity contribution in [2.75, 3.05) is 33.9 Å². The number of hydrazone groups is 1. The van der Waals surface area contributed by atoms with Crippen LogP contribution in [0.25, 0.3) is 0 Å². The molecule has 9 heteroatoms. The van der Waals surface area contributed by atoms with Gasteiger partial charge >= 0.3 is 0 Å². The van der Waals surface area contributed by atoms with Gasteiger partial charge in [0.1, 0.15) is 18.1 Å². The first-order valence-corrected chi connectivity index (χ1v) is 12.1. The molecule has 7 nitrogen and oxygen atoms in total. The normalized spacial score (nSPS) is 14.9. The van der Waals surface area contributed by atoms with E-state index in [0.717, 1.165) is 11.1 Å². The van der Waals surface area contributed by atoms with Crippen molar-refractivity contribution in [3.05, 3.63) is 100 Å². The molecule has 1 atom stereocenters. The van der Waals surface area contributed by atoms with E-state index in [4.69, 9.17) is 21.1 Å². The van der Waals surface area contributed by atoms with Crippen LogP contribution < -0.4 is 4.74 Å². The zero-order valence-electron chi connectivity index (χ0n) is 20.6. The number of ether oxygens (including phenoxy) is 2. The van der Waals surface area contributed by atoms with Crippen LogP contribution in [0.2, 0.25) is 5.02 Å². The molecule has 0 radical (unpaired) electrons. The molecule has 1 aliphatic rings. The molecule has 0 aliphatic carbocycles. The third kappa shape index (κ3) is 5.98. The third-order valence-corrected chi connectivity index (χ3v) is 6.46. The summed E-state index contributed by atoms with van der Waals surface area (Å²) < 4.78 is 24.8. The highest BCUT2D eigenvalue weighted by atomic mass is 35.5. The van der Waals surface area contributed by atoms with Gasteiger partial charge in [0, 0.05) is 30.7 Å². The summed E-state index contributed by atoms with van der Waals surface area (Å²) in [5.41, 5.74) is 2.13. The van der Waals surface area contributed by atoms with Crippen molar-refractivity contribution in [3.8, 4) is 5.75 Å². The lowest BCUT2D eigenvalue weighted by Crippen LogP contribution is -2.43. The molecule has 1 aliphatic heterocycles. The molecule has 4 rings (SSSR count). The van der Waals surface area contributed by atoms with Gasteiger partial charge < -0.3 is 14.4 Å². The average molecular weight is 524 g/mol. The van der Waals surface area contributed by atoms with E-state index in [0.29, 0.717) is 22.9 Å². The SMILES string of the molecule is COCCN(CC(=O)N1N=C(c2ccccc2Cl)C[C@@H]1c1ccc(OC)cc1)C(=O)c1ccccc1F. The van der Waals surface area contributed by atoms with Crippen LogP contribution >= 0.6 is 11.6 Å². The lowest BCUT2D eigenvalue weighted by molar-refractivity contribution is -0.133. The van der Waals surface area contributed by atoms with Crippen molar-refractivity contribution >= 4 is 29.1 Å². The smallest absolute Gasteiger partial charge is 0.262 e. The standard InChI is InChI=1S/C28H27ClFN3O4/c1-36-16-15-32(28(35)22-8-4-6-10-24(22)30)18-27(34)33-26(19-11-13-20(37-2)14-12-19)17-25(31-33)21-7-3-5-9-23(21)29/h3-14,26H,15-18H2,1-2H3/t26-/m1/s1. The number of hydrogen-bond acceptors (Lipinski definition) is 5. The molecule has 0 fully saturated rings. The zero-order valence-corrected chi connectivity index (χ0v) is 21.3. The quantitative estimate of drug-likeness (QED) is 0.398. The molecule has 2 amide bonds. The first-order chi connectivity index (χ1) is 17.9. The first kappa shape index (κ1) is 26.3. The summed E-state index contributed by atoms with van der Waals surface area (Å²) in [6, 6.07) is 20.0. The predicted molar refractivity (Wildman–Crippen MR) is 139 cm³/mol. The van der Waals surface area contributed by atoms with E-state index >= 15 is 0 Å². The van der Waals surface area contributed by atoms with Crippen LogP contribution in [0.4, 0.5) is 4.39 Å². The zero-order chi connectivity index (χ0) is 26.4. The van der Waals surface area contributed by atoms with Crippen LogP contribution in [0.1, 0.15) is 33.9 Å². The molecule has 1 heterocycles. The van der Waals surface area contributed by atoms with Gasteiger partial charge in [-0.25, -0.2) is 9.40 Å². The fourth-order valence-corrected chi connectivity index (χ4v) is 4.42. The van der Waals surface area contributed by atoms with Gasteiger partial charge in [-0.05, 0) is 35.9 Å². The highest BCUT2D eigenvalue weighted by molar-refractivity contribution is 6.34. The fourth-order valence-electron chi connectivity index (χ4n) is 4.18. The average Bonchev–Trinajstić information content (AvgIpc) is 3.36. The Kier molecular flexibility index (Phi) is 8.53. The van der Waals surface area contributed by atoms with E-state index in [-0.39, 0.29) is 25.3 Å². The molecular formula is C28H27ClFN3O4. The monoisotopic (exact) mass is 523 g/mol. The molecule has 3 aromatic rings. The molecule has 0 spiro atoms. The molecule has 0 saturated heterocycles. The summed E-state index contributed by atoms with van der Waals surface area (Å²) in [4.78, 5) is 28.1. The Labute approximate surface area is 220 Å². The van der Waals surface area contributed by atoms with Crippen LogP contribution in [0.15, 0.2) is 77.9 Å². The fraction of sp³-hybridized carbons (Fsp3) is 0.250. The van der Waals surface area contributed by atoms with Crippen molar-refractivity contribution in [2.24, 2.45) is 5.10 Å². The summed E-state index contributed by atoms with van der Waals surface area (Å²) in [7, 11) is 3.08. The number of carbonyl (C=O) groups is 2. The van der Waals surface area contributed by atoms with Crippen molar-refractivity contribution < 1.29 is 23.5 Å². The van der Waals surface area contributed by atoms with Gasteiger partial charge in [0.15, 0.2) is 0 Å². The number of amides is 2. The van der Waals surface area contributed by atoms with Gasteiger partial charge in [0.25, 0.3) is 11.8 Å². The number of carbonyl (C=O) groups excluding carboxylic acids is 2. The molecular weight excluding hydrogens is 497 g/mol. The van der Waals surface area contributed by atoms with Crippen molar-refractivity contribution in [1.29, 1.82) is 0 Å². The number of nitrogens with zero attached hydrogens (tertiary/aromatic N) is 3. The van der Waals surface area contributed by atoms with Crippen LogP contribution in [-0.4, -0.2) is 61.4 Å². The lowest BCUT2D eigenvalue weighted by atomic mass is 9.98. The van der Waals surface area contributed by atoms with E-state index in [1.54, 1.807) is 19.2 Å². The number of hydrogen-bond donors (Lipinski definition) is 0. The summed E-state index contributed by atoms with van der Waals surface area (Å²) in [5.74, 6) is -0.977. The number of rotatable bonds is 9. The number of methoxy groups -OCH3 is 2. The topological polar surface area (TPSA) is 71.4 Å². The van der Waals surface area contributed by atoms with E-state index in [1.807, 2.05) is 42.5 Å². The molecule has 37 heavy (non-hydrogen) atoms. The number of halogens is 2. The Bertz CT molecular complexity index is 1300. The molecule has 0 saturated carbocycles. The second-order valence-corrected chi connectivity index (χ2v) is 8.86. The predicted octanol–water partition coefficient (Wildman–Crippen LogP) is 4.95. The first-order valence-electron chi connectivity index (χ1n) is 11.7. The van der Waals surface area contributed by atoms with Crippen molar-refractivity contribution in [2.45, 2.75) is 12.5 Å². The van der Waals surface area contributed by atoms with Gasteiger partial charge in [0.2, 0.25) is 0 Å². The molecule has 192 valence electrons. The van der Waals surface area contributed by atoms with Gasteiger partial charge in [-0.3, -0.25) is 9.59 Å². The van der Waals surface area contributed by atoms with Crippen molar-refractivity contribution in [3.63, 3.8) is 0 Å². The van der Waals surface area contributed by atoms with Crippen LogP contribution in [0, 0.1) is 5.82 Å². The van der Waals surface area contributed by atoms with E-state index in [9.17, 15) is 14.0 Å². The van der Waals surface area contributed by atoms with E-state index in [2.05, 4.69) is 5.10 Å². The molecule has 0 unspecified atom stereocenters. The molecule has 3 aromatic carbocycles. The highest BCUT2D eigenvalue weighted by Crippen LogP contribution is 2.35.